The zero-order valence-corrected chi connectivity index (χ0v) is 7.71. The summed E-state index contributed by atoms with van der Waals surface area (Å²) in [6, 6.07) is 5.71. The molecule has 1 aromatic rings. The van der Waals surface area contributed by atoms with Gasteiger partial charge in [-0.25, -0.2) is 0 Å². The molecule has 0 bridgehead atoms. The first-order valence-corrected chi connectivity index (χ1v) is 4.27. The molecule has 0 aliphatic heterocycles. The van der Waals surface area contributed by atoms with Crippen molar-refractivity contribution >= 4 is 5.78 Å². The Labute approximate surface area is 84.3 Å². The highest BCUT2D eigenvalue weighted by Gasteiger charge is 2.37. The minimum atomic E-state index is -4.75. The van der Waals surface area contributed by atoms with Gasteiger partial charge in [0, 0.05) is 6.42 Å². The van der Waals surface area contributed by atoms with Crippen LogP contribution in [0.1, 0.15) is 12.0 Å². The van der Waals surface area contributed by atoms with E-state index < -0.39 is 18.4 Å². The molecule has 0 saturated carbocycles. The van der Waals surface area contributed by atoms with E-state index in [0.29, 0.717) is 5.56 Å². The van der Waals surface area contributed by atoms with Gasteiger partial charge >= 0.3 is 6.18 Å². The van der Waals surface area contributed by atoms with Gasteiger partial charge in [0.15, 0.2) is 0 Å². The number of carbonyl (C=O) groups excluding carboxylic acids is 1. The minimum Gasteiger partial charge on any atom is -0.508 e. The first-order chi connectivity index (χ1) is 6.89. The van der Waals surface area contributed by atoms with Crippen LogP contribution in [0.25, 0.3) is 0 Å². The van der Waals surface area contributed by atoms with Gasteiger partial charge < -0.3 is 5.11 Å². The van der Waals surface area contributed by atoms with Gasteiger partial charge in [0.1, 0.15) is 5.75 Å². The molecule has 0 spiro atoms. The van der Waals surface area contributed by atoms with E-state index in [4.69, 9.17) is 5.11 Å². The lowest BCUT2D eigenvalue weighted by atomic mass is 10.1. The molecule has 0 saturated heterocycles. The van der Waals surface area contributed by atoms with E-state index >= 15 is 0 Å². The summed E-state index contributed by atoms with van der Waals surface area (Å²) in [4.78, 5) is 10.5. The van der Waals surface area contributed by atoms with E-state index in [1.165, 1.54) is 24.3 Å². The summed E-state index contributed by atoms with van der Waals surface area (Å²) in [5.74, 6) is -1.68. The van der Waals surface area contributed by atoms with Crippen LogP contribution >= 0.6 is 0 Å². The Kier molecular flexibility index (Phi) is 3.34. The summed E-state index contributed by atoms with van der Waals surface area (Å²) >= 11 is 0. The highest BCUT2D eigenvalue weighted by Crippen LogP contribution is 2.19. The molecule has 1 aromatic carbocycles. The van der Waals surface area contributed by atoms with Gasteiger partial charge in [-0.05, 0) is 24.1 Å². The van der Waals surface area contributed by atoms with Crippen LogP contribution < -0.4 is 0 Å². The van der Waals surface area contributed by atoms with Crippen molar-refractivity contribution in [3.8, 4) is 5.75 Å². The molecule has 5 heteroatoms. The van der Waals surface area contributed by atoms with Crippen LogP contribution in [0.4, 0.5) is 13.2 Å². The Morgan fingerprint density at radius 3 is 2.20 bits per heavy atom. The molecule has 0 aromatic heterocycles. The number of carbonyl (C=O) groups is 1. The molecule has 0 atom stereocenters. The van der Waals surface area contributed by atoms with Crippen molar-refractivity contribution in [3.05, 3.63) is 29.8 Å². The van der Waals surface area contributed by atoms with Crippen LogP contribution in [-0.4, -0.2) is 17.1 Å². The van der Waals surface area contributed by atoms with Gasteiger partial charge in [-0.2, -0.15) is 13.2 Å². The molecule has 1 N–H and O–H groups in total. The van der Waals surface area contributed by atoms with Crippen molar-refractivity contribution in [3.63, 3.8) is 0 Å². The second kappa shape index (κ2) is 4.33. The van der Waals surface area contributed by atoms with Gasteiger partial charge in [0.2, 0.25) is 5.78 Å². The predicted molar refractivity (Wildman–Crippen MR) is 47.5 cm³/mol. The third kappa shape index (κ3) is 3.61. The predicted octanol–water partition coefficient (Wildman–Crippen LogP) is 2.46. The largest absolute Gasteiger partial charge is 0.508 e. The summed E-state index contributed by atoms with van der Waals surface area (Å²) in [7, 11) is 0. The number of phenols is 1. The molecular formula is C10H9F3O2. The summed E-state index contributed by atoms with van der Waals surface area (Å²) in [5, 5.41) is 8.92. The van der Waals surface area contributed by atoms with Crippen LogP contribution in [0.2, 0.25) is 0 Å². The number of alkyl halides is 3. The van der Waals surface area contributed by atoms with E-state index in [0.717, 1.165) is 0 Å². The Balaban J connectivity index is 2.51. The molecule has 2 nitrogen and oxygen atoms in total. The monoisotopic (exact) mass is 218 g/mol. The van der Waals surface area contributed by atoms with Crippen molar-refractivity contribution in [2.45, 2.75) is 19.0 Å². The van der Waals surface area contributed by atoms with Crippen molar-refractivity contribution in [1.29, 1.82) is 0 Å². The number of aryl methyl sites for hydroxylation is 1. The average Bonchev–Trinajstić information content (AvgIpc) is 2.15. The fraction of sp³-hybridized carbons (Fsp3) is 0.300. The van der Waals surface area contributed by atoms with E-state index in [2.05, 4.69) is 0 Å². The lowest BCUT2D eigenvalue weighted by Gasteiger charge is -2.04. The number of benzene rings is 1. The van der Waals surface area contributed by atoms with Gasteiger partial charge in [-0.15, -0.1) is 0 Å². The smallest absolute Gasteiger partial charge is 0.449 e. The lowest BCUT2D eigenvalue weighted by molar-refractivity contribution is -0.171. The normalized spacial score (nSPS) is 11.4. The number of hydrogen-bond donors (Lipinski definition) is 1. The Hall–Kier alpha value is -1.52. The Morgan fingerprint density at radius 1 is 1.20 bits per heavy atom. The van der Waals surface area contributed by atoms with Gasteiger partial charge in [0.05, 0.1) is 0 Å². The lowest BCUT2D eigenvalue weighted by Crippen LogP contribution is -2.22. The van der Waals surface area contributed by atoms with Gasteiger partial charge in [-0.1, -0.05) is 12.1 Å². The van der Waals surface area contributed by atoms with Crippen molar-refractivity contribution in [2.75, 3.05) is 0 Å². The third-order valence-electron chi connectivity index (χ3n) is 1.89. The van der Waals surface area contributed by atoms with Crippen molar-refractivity contribution < 1.29 is 23.1 Å². The van der Waals surface area contributed by atoms with Crippen LogP contribution in [0, 0.1) is 0 Å². The molecule has 0 aliphatic carbocycles. The second-order valence-corrected chi connectivity index (χ2v) is 3.09. The molecule has 0 unspecified atom stereocenters. The van der Waals surface area contributed by atoms with Gasteiger partial charge in [-0.3, -0.25) is 4.79 Å². The summed E-state index contributed by atoms with van der Waals surface area (Å²) < 4.78 is 35.5. The highest BCUT2D eigenvalue weighted by molar-refractivity contribution is 5.84. The average molecular weight is 218 g/mol. The van der Waals surface area contributed by atoms with E-state index in [-0.39, 0.29) is 12.2 Å². The number of rotatable bonds is 3. The van der Waals surface area contributed by atoms with Crippen molar-refractivity contribution in [1.82, 2.24) is 0 Å². The quantitative estimate of drug-likeness (QED) is 0.846. The molecule has 1 rings (SSSR count). The maximum absolute atomic E-state index is 11.8. The molecule has 0 heterocycles. The molecular weight excluding hydrogens is 209 g/mol. The minimum absolute atomic E-state index is 0.0264. The molecule has 0 radical (unpaired) electrons. The SMILES string of the molecule is O=C(CCc1ccc(O)cc1)C(F)(F)F. The maximum atomic E-state index is 11.8. The molecule has 82 valence electrons. The zero-order valence-electron chi connectivity index (χ0n) is 7.71. The van der Waals surface area contributed by atoms with Crippen LogP contribution in [0.3, 0.4) is 0 Å². The number of Topliss-reactive ketones (excluding diaryl/α,β-unsaturated/α-hetero) is 1. The molecule has 0 aliphatic rings. The maximum Gasteiger partial charge on any atom is 0.449 e. The van der Waals surface area contributed by atoms with Crippen LogP contribution in [0.5, 0.6) is 5.75 Å². The van der Waals surface area contributed by atoms with E-state index in [1.807, 2.05) is 0 Å². The van der Waals surface area contributed by atoms with Crippen LogP contribution in [0.15, 0.2) is 24.3 Å². The topological polar surface area (TPSA) is 37.3 Å². The zero-order chi connectivity index (χ0) is 11.5. The van der Waals surface area contributed by atoms with Crippen molar-refractivity contribution in [2.24, 2.45) is 0 Å². The fourth-order valence-electron chi connectivity index (χ4n) is 1.06. The standard InChI is InChI=1S/C10H9F3O2/c11-10(12,13)9(15)6-3-7-1-4-8(14)5-2-7/h1-2,4-5,14H,3,6H2. The van der Waals surface area contributed by atoms with E-state index in [9.17, 15) is 18.0 Å². The summed E-state index contributed by atoms with van der Waals surface area (Å²) in [6.07, 6.45) is -5.29. The third-order valence-corrected chi connectivity index (χ3v) is 1.89. The van der Waals surface area contributed by atoms with Crippen LogP contribution in [-0.2, 0) is 11.2 Å². The first-order valence-electron chi connectivity index (χ1n) is 4.27. The number of ketones is 1. The summed E-state index contributed by atoms with van der Waals surface area (Å²) in [5.41, 5.74) is 0.588. The second-order valence-electron chi connectivity index (χ2n) is 3.09. The Morgan fingerprint density at radius 2 is 1.73 bits per heavy atom. The number of halogens is 3. The van der Waals surface area contributed by atoms with Gasteiger partial charge in [0.25, 0.3) is 0 Å². The Bertz CT molecular complexity index is 341. The number of aromatic hydroxyl groups is 1. The molecule has 0 fully saturated rings. The fourth-order valence-corrected chi connectivity index (χ4v) is 1.06. The summed E-state index contributed by atoms with van der Waals surface area (Å²) in [6.45, 7) is 0. The number of hydrogen-bond acceptors (Lipinski definition) is 2. The molecule has 15 heavy (non-hydrogen) atoms. The first kappa shape index (κ1) is 11.6. The number of phenolic OH excluding ortho intramolecular Hbond substituents is 1. The van der Waals surface area contributed by atoms with E-state index in [1.54, 1.807) is 0 Å². The highest BCUT2D eigenvalue weighted by atomic mass is 19.4. The molecule has 0 amide bonds.